The van der Waals surface area contributed by atoms with Gasteiger partial charge in [-0.3, -0.25) is 0 Å². The molecule has 0 amide bonds. The van der Waals surface area contributed by atoms with Crippen molar-refractivity contribution in [1.29, 1.82) is 0 Å². The first-order valence-electron chi connectivity index (χ1n) is 7.31. The summed E-state index contributed by atoms with van der Waals surface area (Å²) in [5, 5.41) is 16.1. The Morgan fingerprint density at radius 1 is 1.50 bits per heavy atom. The Hall–Kier alpha value is -1.26. The van der Waals surface area contributed by atoms with E-state index in [1.54, 1.807) is 0 Å². The summed E-state index contributed by atoms with van der Waals surface area (Å²) < 4.78 is 5.78. The van der Waals surface area contributed by atoms with Crippen molar-refractivity contribution in [3.05, 3.63) is 23.8 Å². The lowest BCUT2D eigenvalue weighted by Gasteiger charge is -2.29. The van der Waals surface area contributed by atoms with Gasteiger partial charge in [-0.1, -0.05) is 6.07 Å². The van der Waals surface area contributed by atoms with Crippen molar-refractivity contribution in [2.24, 2.45) is 0 Å². The molecule has 1 aromatic carbocycles. The lowest BCUT2D eigenvalue weighted by Crippen LogP contribution is -2.48. The van der Waals surface area contributed by atoms with E-state index in [0.717, 1.165) is 24.4 Å². The highest BCUT2D eigenvalue weighted by Gasteiger charge is 2.20. The van der Waals surface area contributed by atoms with Crippen LogP contribution >= 0.6 is 0 Å². The van der Waals surface area contributed by atoms with Crippen molar-refractivity contribution >= 4 is 5.69 Å². The van der Waals surface area contributed by atoms with E-state index in [9.17, 15) is 5.11 Å². The number of hydrogen-bond acceptors (Lipinski definition) is 4. The summed E-state index contributed by atoms with van der Waals surface area (Å²) >= 11 is 0. The van der Waals surface area contributed by atoms with Crippen LogP contribution in [0.4, 0.5) is 5.69 Å². The molecule has 0 saturated heterocycles. The minimum Gasteiger partial charge on any atom is -0.487 e. The van der Waals surface area contributed by atoms with E-state index in [0.29, 0.717) is 6.04 Å². The number of aliphatic hydroxyl groups is 1. The Morgan fingerprint density at radius 2 is 2.25 bits per heavy atom. The van der Waals surface area contributed by atoms with Crippen molar-refractivity contribution in [3.63, 3.8) is 0 Å². The third kappa shape index (κ3) is 3.87. The van der Waals surface area contributed by atoms with Crippen molar-refractivity contribution < 1.29 is 9.84 Å². The van der Waals surface area contributed by atoms with Gasteiger partial charge in [-0.05, 0) is 51.8 Å². The smallest absolute Gasteiger partial charge is 0.142 e. The fraction of sp³-hybridized carbons (Fsp3) is 0.625. The van der Waals surface area contributed by atoms with E-state index in [-0.39, 0.29) is 18.2 Å². The molecule has 0 radical (unpaired) electrons. The Kier molecular flexibility index (Phi) is 4.55. The number of hydrogen-bond donors (Lipinski definition) is 3. The van der Waals surface area contributed by atoms with Gasteiger partial charge in [-0.15, -0.1) is 0 Å². The molecule has 0 fully saturated rings. The monoisotopic (exact) mass is 278 g/mol. The maximum atomic E-state index is 9.30. The van der Waals surface area contributed by atoms with E-state index >= 15 is 0 Å². The molecule has 1 heterocycles. The van der Waals surface area contributed by atoms with Crippen LogP contribution in [0.25, 0.3) is 0 Å². The zero-order valence-electron chi connectivity index (χ0n) is 12.9. The highest BCUT2D eigenvalue weighted by Crippen LogP contribution is 2.30. The predicted octanol–water partition coefficient (Wildman–Crippen LogP) is 2.17. The maximum Gasteiger partial charge on any atom is 0.142 e. The fourth-order valence-electron chi connectivity index (χ4n) is 2.57. The zero-order valence-corrected chi connectivity index (χ0v) is 12.9. The third-order valence-electron chi connectivity index (χ3n) is 3.53. The van der Waals surface area contributed by atoms with Crippen LogP contribution in [0.15, 0.2) is 18.2 Å². The Balaban J connectivity index is 2.00. The lowest BCUT2D eigenvalue weighted by atomic mass is 10.0. The van der Waals surface area contributed by atoms with E-state index in [2.05, 4.69) is 36.6 Å². The molecule has 1 aliphatic rings. The summed E-state index contributed by atoms with van der Waals surface area (Å²) in [6, 6.07) is 6.62. The number of rotatable bonds is 5. The largest absolute Gasteiger partial charge is 0.487 e. The summed E-state index contributed by atoms with van der Waals surface area (Å²) in [4.78, 5) is 0. The molecular weight excluding hydrogens is 252 g/mol. The molecule has 0 bridgehead atoms. The molecule has 4 heteroatoms. The molecule has 1 aromatic rings. The number of anilines is 1. The zero-order chi connectivity index (χ0) is 14.8. The predicted molar refractivity (Wildman–Crippen MR) is 82.5 cm³/mol. The van der Waals surface area contributed by atoms with Gasteiger partial charge >= 0.3 is 0 Å². The van der Waals surface area contributed by atoms with Crippen LogP contribution < -0.4 is 15.4 Å². The fourth-order valence-corrected chi connectivity index (χ4v) is 2.57. The molecule has 1 aliphatic heterocycles. The van der Waals surface area contributed by atoms with Gasteiger partial charge in [0, 0.05) is 11.6 Å². The van der Waals surface area contributed by atoms with E-state index in [4.69, 9.17) is 4.74 Å². The van der Waals surface area contributed by atoms with E-state index in [1.807, 2.05) is 19.9 Å². The Morgan fingerprint density at radius 3 is 2.95 bits per heavy atom. The molecule has 0 aromatic heterocycles. The molecule has 0 saturated carbocycles. The number of aliphatic hydroxyl groups excluding tert-OH is 1. The van der Waals surface area contributed by atoms with Gasteiger partial charge in [0.15, 0.2) is 0 Å². The Labute approximate surface area is 121 Å². The minimum absolute atomic E-state index is 0.134. The molecule has 0 spiro atoms. The first kappa shape index (κ1) is 15.1. The van der Waals surface area contributed by atoms with Crippen LogP contribution in [-0.4, -0.2) is 35.9 Å². The molecule has 112 valence electrons. The topological polar surface area (TPSA) is 53.5 Å². The number of fused-ring (bicyclic) bond motifs is 1. The standard InChI is InChI=1S/C16H26N2O2/c1-11(18-16(3,4)10-19)7-13-5-6-15-14(8-13)17-9-12(2)20-15/h5-6,8,11-12,17-19H,7,9-10H2,1-4H3. The molecule has 4 nitrogen and oxygen atoms in total. The van der Waals surface area contributed by atoms with E-state index < -0.39 is 0 Å². The van der Waals surface area contributed by atoms with Gasteiger partial charge in [0.2, 0.25) is 0 Å². The molecule has 0 aliphatic carbocycles. The maximum absolute atomic E-state index is 9.30. The Bertz CT molecular complexity index is 460. The van der Waals surface area contributed by atoms with Crippen LogP contribution in [0.5, 0.6) is 5.75 Å². The van der Waals surface area contributed by atoms with E-state index in [1.165, 1.54) is 5.56 Å². The molecule has 2 unspecified atom stereocenters. The minimum atomic E-state index is -0.246. The van der Waals surface area contributed by atoms with Crippen LogP contribution in [0.3, 0.4) is 0 Å². The summed E-state index contributed by atoms with van der Waals surface area (Å²) in [5.41, 5.74) is 2.10. The second-order valence-corrected chi connectivity index (χ2v) is 6.43. The highest BCUT2D eigenvalue weighted by atomic mass is 16.5. The summed E-state index contributed by atoms with van der Waals surface area (Å²) in [7, 11) is 0. The van der Waals surface area contributed by atoms with Gasteiger partial charge in [-0.25, -0.2) is 0 Å². The molecule has 20 heavy (non-hydrogen) atoms. The van der Waals surface area contributed by atoms with Crippen molar-refractivity contribution in [3.8, 4) is 5.75 Å². The third-order valence-corrected chi connectivity index (χ3v) is 3.53. The van der Waals surface area contributed by atoms with Gasteiger partial charge in [0.1, 0.15) is 11.9 Å². The number of nitrogens with one attached hydrogen (secondary N) is 2. The highest BCUT2D eigenvalue weighted by molar-refractivity contribution is 5.59. The number of benzene rings is 1. The first-order chi connectivity index (χ1) is 9.39. The second kappa shape index (κ2) is 6.02. The number of ether oxygens (including phenoxy) is 1. The summed E-state index contributed by atoms with van der Waals surface area (Å²) in [6.07, 6.45) is 1.15. The van der Waals surface area contributed by atoms with Gasteiger partial charge in [0.05, 0.1) is 18.8 Å². The summed E-state index contributed by atoms with van der Waals surface area (Å²) in [6.45, 7) is 9.20. The first-order valence-corrected chi connectivity index (χ1v) is 7.31. The molecule has 3 N–H and O–H groups in total. The molecule has 2 rings (SSSR count). The van der Waals surface area contributed by atoms with Crippen molar-refractivity contribution in [2.75, 3.05) is 18.5 Å². The lowest BCUT2D eigenvalue weighted by molar-refractivity contribution is 0.177. The van der Waals surface area contributed by atoms with Crippen molar-refractivity contribution in [1.82, 2.24) is 5.32 Å². The normalized spacial score (nSPS) is 19.8. The van der Waals surface area contributed by atoms with Gasteiger partial charge < -0.3 is 20.5 Å². The molecule has 2 atom stereocenters. The van der Waals surface area contributed by atoms with Crippen LogP contribution in [0.2, 0.25) is 0 Å². The average molecular weight is 278 g/mol. The summed E-state index contributed by atoms with van der Waals surface area (Å²) in [5.74, 6) is 0.934. The quantitative estimate of drug-likeness (QED) is 0.772. The van der Waals surface area contributed by atoms with Crippen LogP contribution in [-0.2, 0) is 6.42 Å². The SMILES string of the molecule is CC(Cc1ccc2c(c1)NCC(C)O2)NC(C)(C)CO. The average Bonchev–Trinajstić information content (AvgIpc) is 2.38. The van der Waals surface area contributed by atoms with Crippen LogP contribution in [0.1, 0.15) is 33.3 Å². The van der Waals surface area contributed by atoms with Gasteiger partial charge in [-0.2, -0.15) is 0 Å². The second-order valence-electron chi connectivity index (χ2n) is 6.43. The van der Waals surface area contributed by atoms with Gasteiger partial charge in [0.25, 0.3) is 0 Å². The molecular formula is C16H26N2O2. The van der Waals surface area contributed by atoms with Crippen molar-refractivity contribution in [2.45, 2.75) is 51.8 Å². The van der Waals surface area contributed by atoms with Crippen LogP contribution in [0, 0.1) is 0 Å².